The third-order valence-electron chi connectivity index (χ3n) is 4.49. The van der Waals surface area contributed by atoms with Crippen LogP contribution in [0.25, 0.3) is 11.0 Å². The van der Waals surface area contributed by atoms with Crippen LogP contribution in [0.4, 0.5) is 0 Å². The fraction of sp³-hybridized carbons (Fsp3) is 0.227. The molecule has 1 amide bonds. The maximum Gasteiger partial charge on any atom is 0.336 e. The van der Waals surface area contributed by atoms with Gasteiger partial charge in [0.25, 0.3) is 0 Å². The third kappa shape index (κ3) is 5.01. The number of carbonyl (C=O) groups is 2. The lowest BCUT2D eigenvalue weighted by Crippen LogP contribution is -2.43. The van der Waals surface area contributed by atoms with Crippen LogP contribution in [0, 0.1) is 0 Å². The molecule has 150 valence electrons. The number of esters is 1. The number of rotatable bonds is 7. The Hall–Kier alpha value is -3.61. The van der Waals surface area contributed by atoms with E-state index in [0.717, 1.165) is 5.56 Å². The highest BCUT2D eigenvalue weighted by molar-refractivity contribution is 5.87. The SMILES string of the molecule is COC(=O)[C@@H](Cc1cc(=O)oc2cc(OC)ccc12)NC(=O)Cc1ccccc1. The predicted molar refractivity (Wildman–Crippen MR) is 107 cm³/mol. The molecule has 0 aliphatic carbocycles. The molecule has 0 saturated carbocycles. The molecule has 0 saturated heterocycles. The minimum atomic E-state index is -0.941. The van der Waals surface area contributed by atoms with Gasteiger partial charge in [-0.25, -0.2) is 9.59 Å². The van der Waals surface area contributed by atoms with Gasteiger partial charge in [-0.1, -0.05) is 30.3 Å². The molecule has 7 heteroatoms. The van der Waals surface area contributed by atoms with Crippen molar-refractivity contribution in [2.24, 2.45) is 0 Å². The van der Waals surface area contributed by atoms with Gasteiger partial charge in [0.15, 0.2) is 0 Å². The number of methoxy groups -OCH3 is 2. The van der Waals surface area contributed by atoms with E-state index in [0.29, 0.717) is 22.3 Å². The van der Waals surface area contributed by atoms with Crippen molar-refractivity contribution in [2.45, 2.75) is 18.9 Å². The molecule has 0 bridgehead atoms. The average Bonchev–Trinajstić information content (AvgIpc) is 2.72. The monoisotopic (exact) mass is 395 g/mol. The van der Waals surface area contributed by atoms with Crippen LogP contribution in [-0.4, -0.2) is 32.1 Å². The fourth-order valence-corrected chi connectivity index (χ4v) is 3.09. The molecule has 29 heavy (non-hydrogen) atoms. The van der Waals surface area contributed by atoms with Crippen molar-refractivity contribution in [3.8, 4) is 5.75 Å². The van der Waals surface area contributed by atoms with Crippen molar-refractivity contribution in [2.75, 3.05) is 14.2 Å². The zero-order valence-electron chi connectivity index (χ0n) is 16.1. The van der Waals surface area contributed by atoms with Crippen LogP contribution in [0.2, 0.25) is 0 Å². The Morgan fingerprint density at radius 2 is 1.83 bits per heavy atom. The highest BCUT2D eigenvalue weighted by Crippen LogP contribution is 2.23. The first-order valence-corrected chi connectivity index (χ1v) is 9.02. The van der Waals surface area contributed by atoms with E-state index in [1.165, 1.54) is 20.3 Å². The Morgan fingerprint density at radius 1 is 1.07 bits per heavy atom. The third-order valence-corrected chi connectivity index (χ3v) is 4.49. The fourth-order valence-electron chi connectivity index (χ4n) is 3.09. The van der Waals surface area contributed by atoms with E-state index in [1.807, 2.05) is 30.3 Å². The second-order valence-electron chi connectivity index (χ2n) is 6.46. The first-order chi connectivity index (χ1) is 14.0. The normalized spacial score (nSPS) is 11.7. The summed E-state index contributed by atoms with van der Waals surface area (Å²) in [6.45, 7) is 0. The molecule has 1 aromatic heterocycles. The number of fused-ring (bicyclic) bond motifs is 1. The summed E-state index contributed by atoms with van der Waals surface area (Å²) in [6, 6.07) is 14.6. The Balaban J connectivity index is 1.86. The summed E-state index contributed by atoms with van der Waals surface area (Å²) >= 11 is 0. The Bertz CT molecular complexity index is 1070. The van der Waals surface area contributed by atoms with Crippen LogP contribution in [0.5, 0.6) is 5.75 Å². The first-order valence-electron chi connectivity index (χ1n) is 9.02. The number of nitrogens with one attached hydrogen (secondary N) is 1. The van der Waals surface area contributed by atoms with Crippen molar-refractivity contribution in [3.05, 3.63) is 76.1 Å². The Kier molecular flexibility index (Phi) is 6.29. The number of hydrogen-bond donors (Lipinski definition) is 1. The van der Waals surface area contributed by atoms with Gasteiger partial charge in [-0.15, -0.1) is 0 Å². The van der Waals surface area contributed by atoms with Gasteiger partial charge in [-0.05, 0) is 23.3 Å². The minimum Gasteiger partial charge on any atom is -0.497 e. The van der Waals surface area contributed by atoms with Crippen LogP contribution >= 0.6 is 0 Å². The van der Waals surface area contributed by atoms with Crippen molar-refractivity contribution >= 4 is 22.8 Å². The number of ether oxygens (including phenoxy) is 2. The molecule has 7 nitrogen and oxygen atoms in total. The van der Waals surface area contributed by atoms with E-state index in [2.05, 4.69) is 5.32 Å². The maximum atomic E-state index is 12.4. The zero-order valence-corrected chi connectivity index (χ0v) is 16.1. The van der Waals surface area contributed by atoms with E-state index in [9.17, 15) is 14.4 Å². The smallest absolute Gasteiger partial charge is 0.336 e. The lowest BCUT2D eigenvalue weighted by atomic mass is 10.0. The molecule has 1 N–H and O–H groups in total. The molecule has 1 heterocycles. The van der Waals surface area contributed by atoms with Crippen molar-refractivity contribution in [1.82, 2.24) is 5.32 Å². The predicted octanol–water partition coefficient (Wildman–Crippen LogP) is 2.24. The lowest BCUT2D eigenvalue weighted by molar-refractivity contribution is -0.145. The Morgan fingerprint density at radius 3 is 2.52 bits per heavy atom. The number of hydrogen-bond acceptors (Lipinski definition) is 6. The first kappa shape index (κ1) is 20.1. The van der Waals surface area contributed by atoms with Crippen molar-refractivity contribution < 1.29 is 23.5 Å². The second-order valence-corrected chi connectivity index (χ2v) is 6.46. The van der Waals surface area contributed by atoms with Crippen molar-refractivity contribution in [3.63, 3.8) is 0 Å². The van der Waals surface area contributed by atoms with Gasteiger partial charge in [0.2, 0.25) is 5.91 Å². The van der Waals surface area contributed by atoms with E-state index in [4.69, 9.17) is 13.9 Å². The van der Waals surface area contributed by atoms with E-state index in [1.54, 1.807) is 18.2 Å². The molecule has 0 spiro atoms. The van der Waals surface area contributed by atoms with Crippen LogP contribution in [0.1, 0.15) is 11.1 Å². The molecule has 0 radical (unpaired) electrons. The number of amides is 1. The number of benzene rings is 2. The molecule has 0 aliphatic heterocycles. The molecule has 0 fully saturated rings. The van der Waals surface area contributed by atoms with Gasteiger partial charge >= 0.3 is 11.6 Å². The molecular weight excluding hydrogens is 374 g/mol. The van der Waals surface area contributed by atoms with Crippen LogP contribution in [0.15, 0.2) is 63.8 Å². The summed E-state index contributed by atoms with van der Waals surface area (Å²) in [7, 11) is 2.76. The molecular formula is C22H21NO6. The molecule has 0 aliphatic rings. The van der Waals surface area contributed by atoms with Crippen LogP contribution in [0.3, 0.4) is 0 Å². The van der Waals surface area contributed by atoms with Crippen molar-refractivity contribution in [1.29, 1.82) is 0 Å². The summed E-state index contributed by atoms with van der Waals surface area (Å²) in [5, 5.41) is 3.35. The summed E-state index contributed by atoms with van der Waals surface area (Å²) in [6.07, 6.45) is 0.213. The minimum absolute atomic E-state index is 0.0850. The van der Waals surface area contributed by atoms with E-state index < -0.39 is 17.6 Å². The van der Waals surface area contributed by atoms with Gasteiger partial charge in [0, 0.05) is 23.9 Å². The summed E-state index contributed by atoms with van der Waals surface area (Å²) in [5.41, 5.74) is 1.17. The summed E-state index contributed by atoms with van der Waals surface area (Å²) in [5.74, 6) is -0.375. The molecule has 3 rings (SSSR count). The van der Waals surface area contributed by atoms with E-state index in [-0.39, 0.29) is 18.7 Å². The second kappa shape index (κ2) is 9.05. The Labute approximate surface area is 167 Å². The van der Waals surface area contributed by atoms with Gasteiger partial charge < -0.3 is 19.2 Å². The topological polar surface area (TPSA) is 94.8 Å². The molecule has 3 aromatic rings. The average molecular weight is 395 g/mol. The number of carbonyl (C=O) groups excluding carboxylic acids is 2. The highest BCUT2D eigenvalue weighted by atomic mass is 16.5. The van der Waals surface area contributed by atoms with Crippen LogP contribution in [-0.2, 0) is 27.2 Å². The van der Waals surface area contributed by atoms with Gasteiger partial charge in [0.1, 0.15) is 17.4 Å². The summed E-state index contributed by atoms with van der Waals surface area (Å²) in [4.78, 5) is 36.7. The zero-order chi connectivity index (χ0) is 20.8. The molecule has 2 aromatic carbocycles. The summed E-state index contributed by atoms with van der Waals surface area (Å²) < 4.78 is 15.2. The van der Waals surface area contributed by atoms with Gasteiger partial charge in [-0.3, -0.25) is 4.79 Å². The largest absolute Gasteiger partial charge is 0.497 e. The van der Waals surface area contributed by atoms with E-state index >= 15 is 0 Å². The lowest BCUT2D eigenvalue weighted by Gasteiger charge is -2.17. The molecule has 1 atom stereocenters. The molecule has 0 unspecified atom stereocenters. The van der Waals surface area contributed by atoms with Crippen LogP contribution < -0.4 is 15.7 Å². The van der Waals surface area contributed by atoms with Gasteiger partial charge in [-0.2, -0.15) is 0 Å². The van der Waals surface area contributed by atoms with Gasteiger partial charge in [0.05, 0.1) is 20.6 Å². The standard InChI is InChI=1S/C22H21NO6/c1-27-16-8-9-17-15(12-21(25)29-19(17)13-16)11-18(22(26)28-2)23-20(24)10-14-6-4-3-5-7-14/h3-9,12-13,18H,10-11H2,1-2H3,(H,23,24)/t18-/m1/s1. The highest BCUT2D eigenvalue weighted by Gasteiger charge is 2.23. The maximum absolute atomic E-state index is 12.4. The quantitative estimate of drug-likeness (QED) is 0.487.